The molecule has 0 aliphatic carbocycles. The second-order valence-electron chi connectivity index (χ2n) is 6.50. The maximum absolute atomic E-state index is 12.8. The second kappa shape index (κ2) is 7.82. The number of hydrogen-bond donors (Lipinski definition) is 0. The van der Waals surface area contributed by atoms with Gasteiger partial charge in [0, 0.05) is 43.8 Å². The van der Waals surface area contributed by atoms with Gasteiger partial charge in [-0.2, -0.15) is 18.3 Å². The molecule has 1 fully saturated rings. The Morgan fingerprint density at radius 2 is 1.79 bits per heavy atom. The third-order valence-corrected chi connectivity index (χ3v) is 5.45. The summed E-state index contributed by atoms with van der Waals surface area (Å²) < 4.78 is 39.6. The van der Waals surface area contributed by atoms with Crippen molar-refractivity contribution < 1.29 is 13.2 Å². The van der Waals surface area contributed by atoms with Gasteiger partial charge in [0.2, 0.25) is 0 Å². The standard InChI is InChI=1S/C18H17F3N6OS/c19-18(20,21)14-12-29-17(23-14)26-9-7-25(8-10-26)15-4-5-16(28)27(24-15)11-13-3-1-2-6-22-13/h1-6,12H,7-11H2. The number of anilines is 2. The van der Waals surface area contributed by atoms with E-state index in [2.05, 4.69) is 15.1 Å². The summed E-state index contributed by atoms with van der Waals surface area (Å²) in [6.07, 6.45) is -2.77. The third kappa shape index (κ3) is 4.39. The van der Waals surface area contributed by atoms with Gasteiger partial charge in [-0.1, -0.05) is 6.07 Å². The monoisotopic (exact) mass is 422 g/mol. The highest BCUT2D eigenvalue weighted by atomic mass is 32.1. The molecule has 0 atom stereocenters. The topological polar surface area (TPSA) is 67.2 Å². The third-order valence-electron chi connectivity index (χ3n) is 4.55. The second-order valence-corrected chi connectivity index (χ2v) is 7.33. The van der Waals surface area contributed by atoms with Crippen molar-refractivity contribution in [2.24, 2.45) is 0 Å². The summed E-state index contributed by atoms with van der Waals surface area (Å²) in [6.45, 7) is 2.44. The quantitative estimate of drug-likeness (QED) is 0.644. The molecule has 1 aliphatic heterocycles. The Balaban J connectivity index is 1.44. The number of pyridine rings is 1. The Morgan fingerprint density at radius 3 is 2.45 bits per heavy atom. The highest BCUT2D eigenvalue weighted by Gasteiger charge is 2.34. The molecule has 4 rings (SSSR count). The average Bonchev–Trinajstić information content (AvgIpc) is 3.21. The molecule has 152 valence electrons. The summed E-state index contributed by atoms with van der Waals surface area (Å²) in [7, 11) is 0. The van der Waals surface area contributed by atoms with Crippen molar-refractivity contribution in [3.63, 3.8) is 0 Å². The van der Waals surface area contributed by atoms with Crippen molar-refractivity contribution >= 4 is 22.3 Å². The number of alkyl halides is 3. The number of thiazole rings is 1. The van der Waals surface area contributed by atoms with E-state index in [1.165, 1.54) is 10.7 Å². The molecule has 29 heavy (non-hydrogen) atoms. The van der Waals surface area contributed by atoms with E-state index in [1.54, 1.807) is 18.3 Å². The lowest BCUT2D eigenvalue weighted by atomic mass is 10.3. The van der Waals surface area contributed by atoms with Crippen molar-refractivity contribution in [1.29, 1.82) is 0 Å². The summed E-state index contributed by atoms with van der Waals surface area (Å²) in [5, 5.41) is 5.84. The predicted molar refractivity (Wildman–Crippen MR) is 103 cm³/mol. The minimum atomic E-state index is -4.43. The molecule has 3 aromatic rings. The molecular formula is C18H17F3N6OS. The highest BCUT2D eigenvalue weighted by Crippen LogP contribution is 2.33. The van der Waals surface area contributed by atoms with Crippen LogP contribution in [0, 0.1) is 0 Å². The molecule has 0 aromatic carbocycles. The normalized spacial score (nSPS) is 15.0. The van der Waals surface area contributed by atoms with Crippen molar-refractivity contribution in [3.05, 3.63) is 63.7 Å². The molecule has 0 N–H and O–H groups in total. The molecule has 0 spiro atoms. The Labute approximate surface area is 168 Å². The van der Waals surface area contributed by atoms with Gasteiger partial charge < -0.3 is 9.80 Å². The SMILES string of the molecule is O=c1ccc(N2CCN(c3nc(C(F)(F)F)cs3)CC2)nn1Cc1ccccn1. The van der Waals surface area contributed by atoms with Crippen LogP contribution >= 0.6 is 11.3 Å². The van der Waals surface area contributed by atoms with Crippen LogP contribution in [0.25, 0.3) is 0 Å². The molecular weight excluding hydrogens is 405 g/mol. The van der Waals surface area contributed by atoms with E-state index in [1.807, 2.05) is 21.9 Å². The molecule has 11 heteroatoms. The van der Waals surface area contributed by atoms with Gasteiger partial charge in [-0.3, -0.25) is 9.78 Å². The number of nitrogens with zero attached hydrogens (tertiary/aromatic N) is 6. The molecule has 1 saturated heterocycles. The Bertz CT molecular complexity index is 1030. The number of aromatic nitrogens is 4. The molecule has 0 amide bonds. The zero-order chi connectivity index (χ0) is 20.4. The highest BCUT2D eigenvalue weighted by molar-refractivity contribution is 7.13. The van der Waals surface area contributed by atoms with Crippen LogP contribution in [0.1, 0.15) is 11.4 Å². The van der Waals surface area contributed by atoms with Crippen molar-refractivity contribution in [2.45, 2.75) is 12.7 Å². The molecule has 0 radical (unpaired) electrons. The lowest BCUT2D eigenvalue weighted by molar-refractivity contribution is -0.140. The lowest BCUT2D eigenvalue weighted by Crippen LogP contribution is -2.47. The van der Waals surface area contributed by atoms with Crippen LogP contribution in [0.15, 0.2) is 46.7 Å². The van der Waals surface area contributed by atoms with Crippen molar-refractivity contribution in [3.8, 4) is 0 Å². The van der Waals surface area contributed by atoms with Crippen LogP contribution in [-0.2, 0) is 12.7 Å². The summed E-state index contributed by atoms with van der Waals surface area (Å²) in [6, 6.07) is 8.60. The molecule has 4 heterocycles. The predicted octanol–water partition coefficient (Wildman–Crippen LogP) is 2.49. The Kier molecular flexibility index (Phi) is 5.22. The number of piperazine rings is 1. The maximum atomic E-state index is 12.8. The first-order valence-corrected chi connectivity index (χ1v) is 9.79. The number of halogens is 3. The van der Waals surface area contributed by atoms with E-state index in [4.69, 9.17) is 0 Å². The van der Waals surface area contributed by atoms with Crippen LogP contribution in [0.3, 0.4) is 0 Å². The molecule has 0 saturated carbocycles. The van der Waals surface area contributed by atoms with Gasteiger partial charge in [0.15, 0.2) is 10.8 Å². The minimum absolute atomic E-state index is 0.222. The van der Waals surface area contributed by atoms with Crippen LogP contribution in [-0.4, -0.2) is 45.9 Å². The van der Waals surface area contributed by atoms with Crippen LogP contribution in [0.2, 0.25) is 0 Å². The summed E-state index contributed by atoms with van der Waals surface area (Å²) in [5.74, 6) is 0.648. The van der Waals surface area contributed by atoms with Gasteiger partial charge in [0.25, 0.3) is 5.56 Å². The Morgan fingerprint density at radius 1 is 1.03 bits per heavy atom. The van der Waals surface area contributed by atoms with Gasteiger partial charge in [-0.15, -0.1) is 11.3 Å². The van der Waals surface area contributed by atoms with Crippen LogP contribution in [0.4, 0.5) is 24.1 Å². The van der Waals surface area contributed by atoms with Gasteiger partial charge in [-0.05, 0) is 18.2 Å². The summed E-state index contributed by atoms with van der Waals surface area (Å²) >= 11 is 0.994. The first-order chi connectivity index (χ1) is 13.9. The molecule has 0 unspecified atom stereocenters. The van der Waals surface area contributed by atoms with Gasteiger partial charge in [0.1, 0.15) is 5.82 Å². The van der Waals surface area contributed by atoms with E-state index in [-0.39, 0.29) is 12.1 Å². The minimum Gasteiger partial charge on any atom is -0.352 e. The fourth-order valence-corrected chi connectivity index (χ4v) is 3.92. The van der Waals surface area contributed by atoms with E-state index >= 15 is 0 Å². The van der Waals surface area contributed by atoms with Crippen molar-refractivity contribution in [1.82, 2.24) is 19.7 Å². The van der Waals surface area contributed by atoms with Crippen LogP contribution in [0.5, 0.6) is 0 Å². The molecule has 7 nitrogen and oxygen atoms in total. The molecule has 0 bridgehead atoms. The smallest absolute Gasteiger partial charge is 0.352 e. The summed E-state index contributed by atoms with van der Waals surface area (Å²) in [5.41, 5.74) is -0.350. The van der Waals surface area contributed by atoms with Gasteiger partial charge >= 0.3 is 6.18 Å². The largest absolute Gasteiger partial charge is 0.434 e. The van der Waals surface area contributed by atoms with Crippen molar-refractivity contribution in [2.75, 3.05) is 36.0 Å². The van der Waals surface area contributed by atoms with E-state index in [0.29, 0.717) is 37.1 Å². The summed E-state index contributed by atoms with van der Waals surface area (Å²) in [4.78, 5) is 23.9. The average molecular weight is 422 g/mol. The van der Waals surface area contributed by atoms with Gasteiger partial charge in [-0.25, -0.2) is 9.67 Å². The number of hydrogen-bond acceptors (Lipinski definition) is 7. The first kappa shape index (κ1) is 19.4. The first-order valence-electron chi connectivity index (χ1n) is 8.91. The fourth-order valence-electron chi connectivity index (χ4n) is 3.03. The lowest BCUT2D eigenvalue weighted by Gasteiger charge is -2.35. The van der Waals surface area contributed by atoms with E-state index in [9.17, 15) is 18.0 Å². The molecule has 1 aliphatic rings. The van der Waals surface area contributed by atoms with Gasteiger partial charge in [0.05, 0.1) is 12.2 Å². The van der Waals surface area contributed by atoms with Crippen LogP contribution < -0.4 is 15.4 Å². The maximum Gasteiger partial charge on any atom is 0.434 e. The Hall–Kier alpha value is -2.95. The number of rotatable bonds is 4. The fraction of sp³-hybridized carbons (Fsp3) is 0.333. The molecule has 3 aromatic heterocycles. The zero-order valence-electron chi connectivity index (χ0n) is 15.2. The van der Waals surface area contributed by atoms with E-state index < -0.39 is 11.9 Å². The zero-order valence-corrected chi connectivity index (χ0v) is 16.0. The van der Waals surface area contributed by atoms with E-state index in [0.717, 1.165) is 22.4 Å².